The van der Waals surface area contributed by atoms with Crippen molar-refractivity contribution in [2.24, 2.45) is 0 Å². The molecule has 150 valence electrons. The van der Waals surface area contributed by atoms with Crippen LogP contribution in [0.5, 0.6) is 5.75 Å². The standard InChI is InChI=1S/C22H15BrFN3O3/c23-15-3-7-17(8-4-15)28-13-18-9-10-20(29-18)22-27-19(11-25)21(30-22)26-12-14-1-5-16(24)6-2-14/h1-10,26H,12-13H2. The van der Waals surface area contributed by atoms with Crippen molar-refractivity contribution in [1.29, 1.82) is 5.26 Å². The molecule has 0 fully saturated rings. The Bertz CT molecular complexity index is 1180. The molecule has 0 atom stereocenters. The normalized spacial score (nSPS) is 10.6. The summed E-state index contributed by atoms with van der Waals surface area (Å²) in [5.41, 5.74) is 0.944. The van der Waals surface area contributed by atoms with E-state index in [1.54, 1.807) is 24.3 Å². The van der Waals surface area contributed by atoms with Gasteiger partial charge in [0.05, 0.1) is 0 Å². The fraction of sp³-hybridized carbons (Fsp3) is 0.0909. The van der Waals surface area contributed by atoms with E-state index in [0.29, 0.717) is 23.8 Å². The maximum absolute atomic E-state index is 13.0. The predicted molar refractivity (Wildman–Crippen MR) is 111 cm³/mol. The van der Waals surface area contributed by atoms with Crippen LogP contribution in [0.1, 0.15) is 17.0 Å². The third-order valence-electron chi connectivity index (χ3n) is 4.17. The molecule has 0 bridgehead atoms. The number of furan rings is 1. The van der Waals surface area contributed by atoms with Crippen molar-refractivity contribution in [3.8, 4) is 23.5 Å². The van der Waals surface area contributed by atoms with E-state index in [1.165, 1.54) is 12.1 Å². The minimum atomic E-state index is -0.309. The third-order valence-corrected chi connectivity index (χ3v) is 4.70. The second-order valence-electron chi connectivity index (χ2n) is 6.30. The fourth-order valence-corrected chi connectivity index (χ4v) is 2.93. The Hall–Kier alpha value is -3.57. The van der Waals surface area contributed by atoms with Crippen LogP contribution in [-0.2, 0) is 13.2 Å². The Morgan fingerprint density at radius 3 is 2.53 bits per heavy atom. The van der Waals surface area contributed by atoms with E-state index in [-0.39, 0.29) is 29.9 Å². The lowest BCUT2D eigenvalue weighted by Crippen LogP contribution is -1.99. The first-order chi connectivity index (χ1) is 14.6. The van der Waals surface area contributed by atoms with Gasteiger partial charge >= 0.3 is 0 Å². The van der Waals surface area contributed by atoms with Crippen LogP contribution in [0.15, 0.2) is 74.0 Å². The molecule has 0 amide bonds. The first kappa shape index (κ1) is 19.7. The first-order valence-corrected chi connectivity index (χ1v) is 9.77. The zero-order valence-electron chi connectivity index (χ0n) is 15.6. The molecule has 4 aromatic rings. The Labute approximate surface area is 180 Å². The third kappa shape index (κ3) is 4.70. The van der Waals surface area contributed by atoms with Crippen LogP contribution in [0.3, 0.4) is 0 Å². The van der Waals surface area contributed by atoms with Crippen molar-refractivity contribution >= 4 is 21.8 Å². The van der Waals surface area contributed by atoms with Gasteiger partial charge in [-0.3, -0.25) is 0 Å². The van der Waals surface area contributed by atoms with Crippen molar-refractivity contribution in [3.63, 3.8) is 0 Å². The predicted octanol–water partition coefficient (Wildman–Crippen LogP) is 5.90. The molecular weight excluding hydrogens is 453 g/mol. The number of hydrogen-bond acceptors (Lipinski definition) is 6. The molecule has 0 radical (unpaired) electrons. The van der Waals surface area contributed by atoms with Crippen molar-refractivity contribution in [3.05, 3.63) is 88.0 Å². The van der Waals surface area contributed by atoms with Gasteiger partial charge in [-0.2, -0.15) is 10.2 Å². The molecule has 2 aromatic carbocycles. The summed E-state index contributed by atoms with van der Waals surface area (Å²) in [7, 11) is 0. The van der Waals surface area contributed by atoms with Crippen molar-refractivity contribution in [2.75, 3.05) is 5.32 Å². The van der Waals surface area contributed by atoms with Gasteiger partial charge in [0.1, 0.15) is 30.0 Å². The molecule has 2 heterocycles. The van der Waals surface area contributed by atoms with Crippen LogP contribution < -0.4 is 10.1 Å². The van der Waals surface area contributed by atoms with E-state index in [4.69, 9.17) is 13.6 Å². The summed E-state index contributed by atoms with van der Waals surface area (Å²) in [4.78, 5) is 4.18. The van der Waals surface area contributed by atoms with E-state index in [9.17, 15) is 9.65 Å². The van der Waals surface area contributed by atoms with Crippen molar-refractivity contribution < 1.29 is 18.0 Å². The molecule has 6 nitrogen and oxygen atoms in total. The topological polar surface area (TPSA) is 84.2 Å². The second kappa shape index (κ2) is 8.84. The average Bonchev–Trinajstić information content (AvgIpc) is 3.40. The smallest absolute Gasteiger partial charge is 0.266 e. The highest BCUT2D eigenvalue weighted by Crippen LogP contribution is 2.28. The number of rotatable bonds is 7. The molecule has 0 aliphatic rings. The van der Waals surface area contributed by atoms with Gasteiger partial charge in [-0.15, -0.1) is 0 Å². The molecule has 0 aliphatic carbocycles. The maximum atomic E-state index is 13.0. The van der Waals surface area contributed by atoms with E-state index in [0.717, 1.165) is 10.0 Å². The summed E-state index contributed by atoms with van der Waals surface area (Å²) < 4.78 is 31.1. The zero-order chi connectivity index (χ0) is 20.9. The SMILES string of the molecule is N#Cc1nc(-c2ccc(COc3ccc(Br)cc3)o2)oc1NCc1ccc(F)cc1. The number of nitrogens with one attached hydrogen (secondary N) is 1. The quantitative estimate of drug-likeness (QED) is 0.364. The number of hydrogen-bond donors (Lipinski definition) is 1. The van der Waals surface area contributed by atoms with Crippen molar-refractivity contribution in [2.45, 2.75) is 13.2 Å². The lowest BCUT2D eigenvalue weighted by molar-refractivity contribution is 0.271. The number of anilines is 1. The summed E-state index contributed by atoms with van der Waals surface area (Å²) in [5.74, 6) is 1.78. The molecule has 0 saturated heterocycles. The van der Waals surface area contributed by atoms with E-state index in [2.05, 4.69) is 26.2 Å². The Balaban J connectivity index is 1.43. The van der Waals surface area contributed by atoms with Gasteiger partial charge in [0.15, 0.2) is 5.76 Å². The number of ether oxygens (including phenoxy) is 1. The van der Waals surface area contributed by atoms with E-state index >= 15 is 0 Å². The molecule has 4 rings (SSSR count). The zero-order valence-corrected chi connectivity index (χ0v) is 17.1. The second-order valence-corrected chi connectivity index (χ2v) is 7.21. The summed E-state index contributed by atoms with van der Waals surface area (Å²) in [6.45, 7) is 0.594. The highest BCUT2D eigenvalue weighted by atomic mass is 79.9. The van der Waals surface area contributed by atoms with Crippen LogP contribution in [-0.4, -0.2) is 4.98 Å². The number of nitriles is 1. The number of halogens is 2. The molecule has 30 heavy (non-hydrogen) atoms. The lowest BCUT2D eigenvalue weighted by Gasteiger charge is -2.03. The fourth-order valence-electron chi connectivity index (χ4n) is 2.66. The Morgan fingerprint density at radius 1 is 1.03 bits per heavy atom. The van der Waals surface area contributed by atoms with Gasteiger partial charge in [0.25, 0.3) is 5.89 Å². The highest BCUT2D eigenvalue weighted by Gasteiger charge is 2.17. The number of benzene rings is 2. The number of nitrogens with zero attached hydrogens (tertiary/aromatic N) is 2. The number of oxazole rings is 1. The molecule has 8 heteroatoms. The monoisotopic (exact) mass is 467 g/mol. The molecule has 0 spiro atoms. The molecule has 0 aliphatic heterocycles. The maximum Gasteiger partial charge on any atom is 0.266 e. The summed E-state index contributed by atoms with van der Waals surface area (Å²) >= 11 is 3.38. The highest BCUT2D eigenvalue weighted by molar-refractivity contribution is 9.10. The molecule has 0 saturated carbocycles. The average molecular weight is 468 g/mol. The van der Waals surface area contributed by atoms with Crippen LogP contribution in [0.2, 0.25) is 0 Å². The van der Waals surface area contributed by atoms with Gasteiger partial charge in [-0.25, -0.2) is 4.39 Å². The summed E-state index contributed by atoms with van der Waals surface area (Å²) in [6, 6.07) is 19.0. The molecule has 0 unspecified atom stereocenters. The van der Waals surface area contributed by atoms with Gasteiger partial charge < -0.3 is 18.9 Å². The van der Waals surface area contributed by atoms with Crippen molar-refractivity contribution in [1.82, 2.24) is 4.98 Å². The van der Waals surface area contributed by atoms with Crippen LogP contribution >= 0.6 is 15.9 Å². The van der Waals surface area contributed by atoms with Gasteiger partial charge in [0.2, 0.25) is 11.6 Å². The summed E-state index contributed by atoms with van der Waals surface area (Å²) in [6.07, 6.45) is 0. The van der Waals surface area contributed by atoms with Crippen LogP contribution in [0, 0.1) is 17.1 Å². The van der Waals surface area contributed by atoms with E-state index in [1.807, 2.05) is 30.3 Å². The van der Waals surface area contributed by atoms with Crippen LogP contribution in [0.4, 0.5) is 10.3 Å². The van der Waals surface area contributed by atoms with Crippen LogP contribution in [0.25, 0.3) is 11.7 Å². The minimum Gasteiger partial charge on any atom is -0.486 e. The van der Waals surface area contributed by atoms with E-state index < -0.39 is 0 Å². The van der Waals surface area contributed by atoms with Gasteiger partial charge in [0, 0.05) is 11.0 Å². The van der Waals surface area contributed by atoms with Gasteiger partial charge in [-0.1, -0.05) is 28.1 Å². The number of aromatic nitrogens is 1. The molecule has 1 N–H and O–H groups in total. The Morgan fingerprint density at radius 2 is 1.80 bits per heavy atom. The molecular formula is C22H15BrFN3O3. The van der Waals surface area contributed by atoms with Gasteiger partial charge in [-0.05, 0) is 54.1 Å². The molecule has 2 aromatic heterocycles. The lowest BCUT2D eigenvalue weighted by atomic mass is 10.2. The first-order valence-electron chi connectivity index (χ1n) is 8.97. The minimum absolute atomic E-state index is 0.108. The summed E-state index contributed by atoms with van der Waals surface area (Å²) in [5, 5.41) is 12.3. The Kier molecular flexibility index (Phi) is 5.82. The largest absolute Gasteiger partial charge is 0.486 e.